The van der Waals surface area contributed by atoms with Gasteiger partial charge in [-0.1, -0.05) is 12.2 Å². The van der Waals surface area contributed by atoms with Crippen molar-refractivity contribution in [2.75, 3.05) is 0 Å². The van der Waals surface area contributed by atoms with Crippen LogP contribution in [0.4, 0.5) is 0 Å². The number of thiol groups is 1. The molecule has 0 aromatic heterocycles. The monoisotopic (exact) mass is 319 g/mol. The first-order chi connectivity index (χ1) is 4.98. The van der Waals surface area contributed by atoms with Crippen molar-refractivity contribution < 1.29 is 45.4 Å². The molecule has 0 amide bonds. The molecule has 0 radical (unpaired) electrons. The van der Waals surface area contributed by atoms with E-state index in [1.54, 1.807) is 0 Å². The van der Waals surface area contributed by atoms with Crippen molar-refractivity contribution in [3.05, 3.63) is 0 Å². The average Bonchev–Trinajstić information content (AvgIpc) is 1.55. The minimum Gasteiger partial charge on any atom is -0.385 e. The van der Waals surface area contributed by atoms with Crippen LogP contribution >= 0.6 is 24.8 Å². The first-order valence-corrected chi connectivity index (χ1v) is 6.17. The summed E-state index contributed by atoms with van der Waals surface area (Å²) in [6, 6.07) is 0. The largest absolute Gasteiger partial charge is 0.397 e. The van der Waals surface area contributed by atoms with Crippen molar-refractivity contribution >= 4 is 47.5 Å². The van der Waals surface area contributed by atoms with E-state index >= 15 is 0 Å². The van der Waals surface area contributed by atoms with Crippen molar-refractivity contribution in [3.8, 4) is 0 Å². The van der Waals surface area contributed by atoms with Gasteiger partial charge in [0.1, 0.15) is 4.32 Å². The van der Waals surface area contributed by atoms with Gasteiger partial charge < -0.3 is 5.73 Å². The summed E-state index contributed by atoms with van der Waals surface area (Å²) in [7, 11) is -10.6. The molecule has 0 saturated carbocycles. The van der Waals surface area contributed by atoms with Crippen LogP contribution < -0.4 is 5.73 Å². The molecule has 0 aromatic carbocycles. The van der Waals surface area contributed by atoms with Gasteiger partial charge in [-0.05, 0) is 0 Å². The van der Waals surface area contributed by atoms with Crippen LogP contribution in [0.15, 0.2) is 0 Å². The van der Waals surface area contributed by atoms with Gasteiger partial charge in [0.2, 0.25) is 0 Å². The van der Waals surface area contributed by atoms with E-state index in [9.17, 15) is 16.8 Å². The van der Waals surface area contributed by atoms with Gasteiger partial charge >= 0.3 is 18.3 Å². The van der Waals surface area contributed by atoms with Crippen LogP contribution in [0.2, 0.25) is 0 Å². The molecule has 76 valence electrons. The van der Waals surface area contributed by atoms with Gasteiger partial charge in [-0.25, -0.2) is 0 Å². The SMILES string of the molecule is NC(=S)S.O=S(=O)(O)S(=O)(=O)O.[Zn]. The molecule has 0 aliphatic carbocycles. The molecular weight excluding hydrogens is 316 g/mol. The second-order valence-electron chi connectivity index (χ2n) is 1.19. The van der Waals surface area contributed by atoms with E-state index in [1.165, 1.54) is 0 Å². The Labute approximate surface area is 98.1 Å². The van der Waals surface area contributed by atoms with Gasteiger partial charge in [-0.2, -0.15) is 16.8 Å². The fraction of sp³-hybridized carbons (Fsp3) is 0. The van der Waals surface area contributed by atoms with E-state index < -0.39 is 18.3 Å². The molecule has 0 atom stereocenters. The van der Waals surface area contributed by atoms with E-state index in [0.29, 0.717) is 0 Å². The molecule has 13 heavy (non-hydrogen) atoms. The fourth-order valence-electron chi connectivity index (χ4n) is 0. The Bertz CT molecular complexity index is 307. The number of rotatable bonds is 1. The van der Waals surface area contributed by atoms with Crippen LogP contribution in [0.25, 0.3) is 0 Å². The van der Waals surface area contributed by atoms with Crippen molar-refractivity contribution in [1.82, 2.24) is 0 Å². The first-order valence-electron chi connectivity index (χ1n) is 1.91. The van der Waals surface area contributed by atoms with Crippen molar-refractivity contribution in [3.63, 3.8) is 0 Å². The van der Waals surface area contributed by atoms with Gasteiger partial charge in [0.05, 0.1) is 0 Å². The Hall–Kier alpha value is 0.683. The topological polar surface area (TPSA) is 135 Å². The Morgan fingerprint density at radius 3 is 1.23 bits per heavy atom. The van der Waals surface area contributed by atoms with Crippen LogP contribution in [0.1, 0.15) is 0 Å². The molecule has 0 saturated heterocycles. The molecule has 0 aliphatic rings. The number of hydrogen-bond acceptors (Lipinski definition) is 5. The van der Waals surface area contributed by atoms with Crippen LogP contribution in [-0.2, 0) is 37.8 Å². The smallest absolute Gasteiger partial charge is 0.385 e. The fourth-order valence-corrected chi connectivity index (χ4v) is 0. The second kappa shape index (κ2) is 7.04. The Morgan fingerprint density at radius 1 is 1.15 bits per heavy atom. The normalized spacial score (nSPS) is 10.4. The first kappa shape index (κ1) is 19.3. The maximum atomic E-state index is 9.37. The summed E-state index contributed by atoms with van der Waals surface area (Å²) in [6.45, 7) is 0. The Balaban J connectivity index is -0.000000173. The van der Waals surface area contributed by atoms with Crippen LogP contribution in [0.3, 0.4) is 0 Å². The predicted molar refractivity (Wildman–Crippen MR) is 48.9 cm³/mol. The Morgan fingerprint density at radius 2 is 1.23 bits per heavy atom. The molecule has 12 heteroatoms. The van der Waals surface area contributed by atoms with Crippen molar-refractivity contribution in [2.45, 2.75) is 0 Å². The minimum atomic E-state index is -5.31. The predicted octanol–water partition coefficient (Wildman–Crippen LogP) is -1.17. The molecule has 0 fully saturated rings. The number of nitrogens with two attached hydrogens (primary N) is 1. The summed E-state index contributed by atoms with van der Waals surface area (Å²) in [6.07, 6.45) is 0. The molecule has 0 aliphatic heterocycles. The molecule has 0 heterocycles. The average molecular weight is 321 g/mol. The van der Waals surface area contributed by atoms with Crippen LogP contribution in [0.5, 0.6) is 0 Å². The number of hydrogen-bond donors (Lipinski definition) is 4. The summed E-state index contributed by atoms with van der Waals surface area (Å²) >= 11 is 7.65. The minimum absolute atomic E-state index is 0. The van der Waals surface area contributed by atoms with Gasteiger partial charge in [-0.15, -0.1) is 12.6 Å². The zero-order valence-corrected chi connectivity index (χ0v) is 12.3. The molecule has 0 rings (SSSR count). The summed E-state index contributed by atoms with van der Waals surface area (Å²) in [5.41, 5.74) is 4.71. The molecule has 7 nitrogen and oxygen atoms in total. The second-order valence-corrected chi connectivity index (χ2v) is 6.66. The summed E-state index contributed by atoms with van der Waals surface area (Å²) in [4.78, 5) is 0. The van der Waals surface area contributed by atoms with Gasteiger partial charge in [0.25, 0.3) is 0 Å². The third kappa shape index (κ3) is 15.4. The molecule has 4 N–H and O–H groups in total. The standard InChI is InChI=1S/CH3NS2.H2O6S2.Zn/c2-1(3)4;1-7(2,3)8(4,5)6;/h(H3,2,3,4);(H,1,2,3)(H,4,5,6);. The van der Waals surface area contributed by atoms with Gasteiger partial charge in [0.15, 0.2) is 0 Å². The maximum absolute atomic E-state index is 9.37. The van der Waals surface area contributed by atoms with Gasteiger partial charge in [0, 0.05) is 19.5 Å². The molecule has 0 spiro atoms. The molecule has 0 bridgehead atoms. The molecule has 0 aromatic rings. The summed E-state index contributed by atoms with van der Waals surface area (Å²) in [5.74, 6) is 0. The van der Waals surface area contributed by atoms with E-state index in [2.05, 4.69) is 24.8 Å². The van der Waals surface area contributed by atoms with E-state index in [1.807, 2.05) is 0 Å². The third-order valence-corrected chi connectivity index (χ3v) is 2.40. The van der Waals surface area contributed by atoms with Gasteiger partial charge in [-0.3, -0.25) is 9.11 Å². The van der Waals surface area contributed by atoms with E-state index in [-0.39, 0.29) is 23.8 Å². The summed E-state index contributed by atoms with van der Waals surface area (Å²) in [5, 5.41) is 0. The zero-order chi connectivity index (χ0) is 10.6. The van der Waals surface area contributed by atoms with E-state index in [0.717, 1.165) is 0 Å². The number of thiocarbonyl (C=S) groups is 1. The maximum Gasteiger partial charge on any atom is 0.397 e. The quantitative estimate of drug-likeness (QED) is 0.156. The summed E-state index contributed by atoms with van der Waals surface area (Å²) < 4.78 is 52.7. The third-order valence-electron chi connectivity index (χ3n) is 0.266. The Kier molecular flexibility index (Phi) is 10.4. The van der Waals surface area contributed by atoms with Crippen molar-refractivity contribution in [1.29, 1.82) is 0 Å². The van der Waals surface area contributed by atoms with Crippen molar-refractivity contribution in [2.24, 2.45) is 5.73 Å². The molecular formula is CH5NO6S4Zn. The molecule has 0 unspecified atom stereocenters. The van der Waals surface area contributed by atoms with Crippen LogP contribution in [-0.4, -0.2) is 30.3 Å². The van der Waals surface area contributed by atoms with Crippen LogP contribution in [0, 0.1) is 0 Å². The van der Waals surface area contributed by atoms with E-state index in [4.69, 9.17) is 14.8 Å². The zero-order valence-electron chi connectivity index (χ0n) is 5.98.